The van der Waals surface area contributed by atoms with E-state index in [0.717, 1.165) is 6.42 Å². The first-order valence-corrected chi connectivity index (χ1v) is 13.5. The zero-order chi connectivity index (χ0) is 26.6. The van der Waals surface area contributed by atoms with Crippen LogP contribution in [-0.4, -0.2) is 63.7 Å². The van der Waals surface area contributed by atoms with Gasteiger partial charge in [0, 0.05) is 36.4 Å². The fourth-order valence-corrected chi connectivity index (χ4v) is 5.16. The molecule has 0 bridgehead atoms. The number of methoxy groups -OCH3 is 1. The maximum Gasteiger partial charge on any atom is 0.219 e. The standard InChI is InChI=1S/C26H28FN7O3S/c1-3-11-38(35)33-20-6-4-5-18(22(20)27)16-12-19-23(21(13-16)36-2)31-24(17-14-29-26(28)30-15-17)32-25(19)34-7-9-37-10-8-34/h4-6,12-15,33H,3,7-11H2,1-2H3,(H2,28,29,30). The molecule has 1 aliphatic rings. The largest absolute Gasteiger partial charge is 0.593 e. The Labute approximate surface area is 222 Å². The summed E-state index contributed by atoms with van der Waals surface area (Å²) < 4.78 is 42.0. The first-order valence-electron chi connectivity index (χ1n) is 12.2. The van der Waals surface area contributed by atoms with Gasteiger partial charge in [0.05, 0.1) is 37.2 Å². The van der Waals surface area contributed by atoms with Crippen LogP contribution in [0.15, 0.2) is 42.7 Å². The molecule has 12 heteroatoms. The summed E-state index contributed by atoms with van der Waals surface area (Å²) in [6, 6.07) is 8.58. The Kier molecular flexibility index (Phi) is 7.72. The molecule has 0 saturated carbocycles. The van der Waals surface area contributed by atoms with E-state index in [-0.39, 0.29) is 11.6 Å². The fraction of sp³-hybridized carbons (Fsp3) is 0.308. The van der Waals surface area contributed by atoms with Crippen molar-refractivity contribution in [2.24, 2.45) is 0 Å². The van der Waals surface area contributed by atoms with E-state index in [9.17, 15) is 4.55 Å². The van der Waals surface area contributed by atoms with E-state index in [0.29, 0.717) is 77.0 Å². The molecular weight excluding hydrogens is 509 g/mol. The summed E-state index contributed by atoms with van der Waals surface area (Å²) in [4.78, 5) is 19.9. The second-order valence-electron chi connectivity index (χ2n) is 8.69. The highest BCUT2D eigenvalue weighted by Crippen LogP contribution is 2.39. The molecule has 0 spiro atoms. The first-order chi connectivity index (χ1) is 18.5. The SMILES string of the molecule is CCC[S+]([O-])Nc1cccc(-c2cc(OC)c3nc(-c4cnc(N)nc4)nc(N4CCOCC4)c3c2)c1F. The van der Waals surface area contributed by atoms with E-state index in [1.54, 1.807) is 43.8 Å². The van der Waals surface area contributed by atoms with Gasteiger partial charge in [-0.15, -0.1) is 0 Å². The molecule has 1 saturated heterocycles. The van der Waals surface area contributed by atoms with Crippen molar-refractivity contribution in [2.45, 2.75) is 13.3 Å². The number of aromatic nitrogens is 4. The van der Waals surface area contributed by atoms with Gasteiger partial charge in [0.25, 0.3) is 0 Å². The van der Waals surface area contributed by atoms with Gasteiger partial charge in [-0.25, -0.2) is 29.0 Å². The number of morpholine rings is 1. The van der Waals surface area contributed by atoms with Crippen LogP contribution in [0.5, 0.6) is 5.75 Å². The number of hydrogen-bond donors (Lipinski definition) is 2. The van der Waals surface area contributed by atoms with Crippen molar-refractivity contribution < 1.29 is 18.4 Å². The third kappa shape index (κ3) is 5.28. The highest BCUT2D eigenvalue weighted by atomic mass is 32.2. The number of anilines is 3. The number of rotatable bonds is 8. The van der Waals surface area contributed by atoms with Gasteiger partial charge in [0.1, 0.15) is 28.5 Å². The van der Waals surface area contributed by atoms with Crippen molar-refractivity contribution in [3.8, 4) is 28.3 Å². The molecule has 5 rings (SSSR count). The summed E-state index contributed by atoms with van der Waals surface area (Å²) in [5.74, 6) is 1.63. The molecule has 10 nitrogen and oxygen atoms in total. The molecule has 2 aromatic carbocycles. The minimum atomic E-state index is -1.38. The molecule has 0 radical (unpaired) electrons. The molecule has 4 aromatic rings. The number of nitrogens with zero attached hydrogens (tertiary/aromatic N) is 5. The summed E-state index contributed by atoms with van der Waals surface area (Å²) in [5, 5.41) is 0.702. The predicted octanol–water partition coefficient (Wildman–Crippen LogP) is 3.81. The van der Waals surface area contributed by atoms with Crippen LogP contribution < -0.4 is 20.1 Å². The van der Waals surface area contributed by atoms with E-state index < -0.39 is 17.2 Å². The second-order valence-corrected chi connectivity index (χ2v) is 10.00. The van der Waals surface area contributed by atoms with Crippen LogP contribution in [0.2, 0.25) is 0 Å². The molecule has 38 heavy (non-hydrogen) atoms. The summed E-state index contributed by atoms with van der Waals surface area (Å²) in [5.41, 5.74) is 7.94. The lowest BCUT2D eigenvalue weighted by Crippen LogP contribution is -2.37. The molecule has 1 atom stereocenters. The zero-order valence-corrected chi connectivity index (χ0v) is 21.9. The number of ether oxygens (including phenoxy) is 2. The van der Waals surface area contributed by atoms with Crippen molar-refractivity contribution in [2.75, 3.05) is 54.5 Å². The molecule has 3 N–H and O–H groups in total. The summed E-state index contributed by atoms with van der Waals surface area (Å²) in [6.07, 6.45) is 3.87. The Morgan fingerprint density at radius 2 is 1.92 bits per heavy atom. The number of nitrogens with two attached hydrogens (primary N) is 1. The Bertz CT molecular complexity index is 1440. The molecular formula is C26H28FN7O3S. The monoisotopic (exact) mass is 537 g/mol. The van der Waals surface area contributed by atoms with E-state index >= 15 is 4.39 Å². The van der Waals surface area contributed by atoms with Crippen LogP contribution in [0.3, 0.4) is 0 Å². The third-order valence-electron chi connectivity index (χ3n) is 6.13. The third-order valence-corrected chi connectivity index (χ3v) is 7.36. The Hall–Kier alpha value is -3.74. The van der Waals surface area contributed by atoms with Gasteiger partial charge in [0.15, 0.2) is 11.6 Å². The molecule has 1 unspecified atom stereocenters. The van der Waals surface area contributed by atoms with Crippen LogP contribution >= 0.6 is 0 Å². The van der Waals surface area contributed by atoms with Crippen LogP contribution in [0.1, 0.15) is 13.3 Å². The molecule has 0 amide bonds. The Morgan fingerprint density at radius 3 is 2.63 bits per heavy atom. The lowest BCUT2D eigenvalue weighted by Gasteiger charge is -2.29. The second kappa shape index (κ2) is 11.3. The van der Waals surface area contributed by atoms with Crippen LogP contribution in [0.4, 0.5) is 21.8 Å². The van der Waals surface area contributed by atoms with Gasteiger partial charge < -0.3 is 24.7 Å². The topological polar surface area (TPSA) is 134 Å². The summed E-state index contributed by atoms with van der Waals surface area (Å²) >= 11 is -1.38. The molecule has 2 aromatic heterocycles. The molecule has 0 aliphatic carbocycles. The van der Waals surface area contributed by atoms with Crippen LogP contribution in [-0.2, 0) is 16.1 Å². The van der Waals surface area contributed by atoms with Crippen molar-refractivity contribution in [1.82, 2.24) is 19.9 Å². The van der Waals surface area contributed by atoms with Gasteiger partial charge in [-0.2, -0.15) is 0 Å². The first kappa shape index (κ1) is 25.9. The van der Waals surface area contributed by atoms with Crippen molar-refractivity contribution in [3.63, 3.8) is 0 Å². The van der Waals surface area contributed by atoms with E-state index in [1.807, 2.05) is 13.0 Å². The Morgan fingerprint density at radius 1 is 1.16 bits per heavy atom. The molecule has 1 fully saturated rings. The van der Waals surface area contributed by atoms with Gasteiger partial charge in [-0.1, -0.05) is 19.1 Å². The predicted molar refractivity (Wildman–Crippen MR) is 147 cm³/mol. The number of nitrogens with one attached hydrogen (secondary N) is 1. The molecule has 3 heterocycles. The minimum Gasteiger partial charge on any atom is -0.593 e. The lowest BCUT2D eigenvalue weighted by molar-refractivity contribution is 0.122. The van der Waals surface area contributed by atoms with Crippen LogP contribution in [0.25, 0.3) is 33.4 Å². The normalized spacial score (nSPS) is 14.5. The lowest BCUT2D eigenvalue weighted by atomic mass is 10.0. The zero-order valence-electron chi connectivity index (χ0n) is 21.1. The van der Waals surface area contributed by atoms with Gasteiger partial charge >= 0.3 is 0 Å². The van der Waals surface area contributed by atoms with Gasteiger partial charge in [-0.05, 0) is 30.2 Å². The number of halogens is 1. The quantitative estimate of drug-likeness (QED) is 0.320. The number of hydrogen-bond acceptors (Lipinski definition) is 10. The molecule has 1 aliphatic heterocycles. The summed E-state index contributed by atoms with van der Waals surface area (Å²) in [6.45, 7) is 4.30. The number of fused-ring (bicyclic) bond motifs is 1. The maximum atomic E-state index is 15.6. The smallest absolute Gasteiger partial charge is 0.219 e. The van der Waals surface area contributed by atoms with Crippen molar-refractivity contribution >= 4 is 39.7 Å². The minimum absolute atomic E-state index is 0.155. The average Bonchev–Trinajstić information content (AvgIpc) is 2.94. The van der Waals surface area contributed by atoms with Crippen molar-refractivity contribution in [3.05, 3.63) is 48.5 Å². The fourth-order valence-electron chi connectivity index (χ4n) is 4.29. The Balaban J connectivity index is 1.68. The van der Waals surface area contributed by atoms with Gasteiger partial charge in [0.2, 0.25) is 5.95 Å². The van der Waals surface area contributed by atoms with E-state index in [4.69, 9.17) is 25.2 Å². The number of benzene rings is 2. The van der Waals surface area contributed by atoms with Gasteiger partial charge in [-0.3, -0.25) is 0 Å². The highest BCUT2D eigenvalue weighted by Gasteiger charge is 2.23. The number of nitrogen functional groups attached to an aromatic ring is 1. The van der Waals surface area contributed by atoms with Crippen molar-refractivity contribution in [1.29, 1.82) is 0 Å². The van der Waals surface area contributed by atoms with E-state index in [1.165, 1.54) is 0 Å². The van der Waals surface area contributed by atoms with E-state index in [2.05, 4.69) is 19.6 Å². The molecule has 198 valence electrons. The highest BCUT2D eigenvalue weighted by molar-refractivity contribution is 7.92. The average molecular weight is 538 g/mol. The maximum absolute atomic E-state index is 15.6. The summed E-state index contributed by atoms with van der Waals surface area (Å²) in [7, 11) is 1.54. The van der Waals surface area contributed by atoms with Crippen LogP contribution in [0, 0.1) is 5.82 Å².